The molecule has 9 heteroatoms. The summed E-state index contributed by atoms with van der Waals surface area (Å²) in [7, 11) is 1.85. The Morgan fingerprint density at radius 1 is 1.43 bits per heavy atom. The molecule has 1 aliphatic rings. The molecule has 7 nitrogen and oxygen atoms in total. The summed E-state index contributed by atoms with van der Waals surface area (Å²) in [5.41, 5.74) is 3.50. The molecule has 0 aromatic carbocycles. The summed E-state index contributed by atoms with van der Waals surface area (Å²) in [6, 6.07) is 0. The van der Waals surface area contributed by atoms with Crippen LogP contribution >= 0.6 is 23.1 Å². The van der Waals surface area contributed by atoms with Crippen molar-refractivity contribution in [3.05, 3.63) is 32.2 Å². The Balaban J connectivity index is 1.51. The van der Waals surface area contributed by atoms with Crippen molar-refractivity contribution in [2.45, 2.75) is 45.2 Å². The number of hydrogen-bond acceptors (Lipinski definition) is 6. The second kappa shape index (κ2) is 7.36. The molecular weight excluding hydrogens is 394 g/mol. The van der Waals surface area contributed by atoms with Crippen molar-refractivity contribution >= 4 is 44.9 Å². The number of anilines is 1. The summed E-state index contributed by atoms with van der Waals surface area (Å²) in [6.45, 7) is 6.02. The molecule has 0 radical (unpaired) electrons. The Morgan fingerprint density at radius 3 is 2.93 bits per heavy atom. The van der Waals surface area contributed by atoms with Crippen molar-refractivity contribution in [2.75, 3.05) is 11.1 Å². The monoisotopic (exact) mass is 417 g/mol. The molecule has 0 fully saturated rings. The summed E-state index contributed by atoms with van der Waals surface area (Å²) in [6.07, 6.45) is 3.08. The van der Waals surface area contributed by atoms with Crippen LogP contribution < -0.4 is 10.9 Å². The van der Waals surface area contributed by atoms with Gasteiger partial charge in [0.15, 0.2) is 5.16 Å². The number of aryl methyl sites for hydroxylation is 3. The van der Waals surface area contributed by atoms with Crippen LogP contribution in [0.15, 0.2) is 9.95 Å². The SMILES string of the molecule is Cc1nn(C)c(C)c1NC(=O)CSc1nc2sc3c(c2c(=O)[nH]1)CC[C@H](C)C3. The topological polar surface area (TPSA) is 92.7 Å². The first kappa shape index (κ1) is 19.2. The summed E-state index contributed by atoms with van der Waals surface area (Å²) in [5.74, 6) is 0.674. The van der Waals surface area contributed by atoms with Gasteiger partial charge in [0.25, 0.3) is 5.56 Å². The number of nitrogens with one attached hydrogen (secondary N) is 2. The number of aromatic amines is 1. The fourth-order valence-corrected chi connectivity index (χ4v) is 5.76. The zero-order valence-corrected chi connectivity index (χ0v) is 18.0. The normalized spacial score (nSPS) is 16.4. The number of rotatable bonds is 4. The second-order valence-corrected chi connectivity index (χ2v) is 9.46. The first-order valence-corrected chi connectivity index (χ1v) is 11.1. The number of H-pyrrole nitrogens is 1. The van der Waals surface area contributed by atoms with E-state index in [1.54, 1.807) is 16.0 Å². The van der Waals surface area contributed by atoms with Gasteiger partial charge in [0, 0.05) is 11.9 Å². The molecule has 2 N–H and O–H groups in total. The van der Waals surface area contributed by atoms with E-state index in [1.807, 2.05) is 20.9 Å². The van der Waals surface area contributed by atoms with Crippen molar-refractivity contribution in [3.63, 3.8) is 0 Å². The third kappa shape index (κ3) is 3.48. The third-order valence-electron chi connectivity index (χ3n) is 5.26. The summed E-state index contributed by atoms with van der Waals surface area (Å²) in [4.78, 5) is 34.5. The predicted octanol–water partition coefficient (Wildman–Crippen LogP) is 3.19. The molecule has 1 amide bonds. The van der Waals surface area contributed by atoms with Crippen molar-refractivity contribution in [1.82, 2.24) is 19.7 Å². The second-order valence-electron chi connectivity index (χ2n) is 7.41. The lowest BCUT2D eigenvalue weighted by Crippen LogP contribution is -2.17. The highest BCUT2D eigenvalue weighted by Crippen LogP contribution is 2.36. The van der Waals surface area contributed by atoms with Gasteiger partial charge >= 0.3 is 0 Å². The molecular formula is C19H23N5O2S2. The van der Waals surface area contributed by atoms with Gasteiger partial charge in [-0.15, -0.1) is 11.3 Å². The Labute approximate surface area is 170 Å². The molecule has 0 aliphatic heterocycles. The molecule has 0 unspecified atom stereocenters. The lowest BCUT2D eigenvalue weighted by atomic mass is 9.89. The van der Waals surface area contributed by atoms with Gasteiger partial charge in [-0.3, -0.25) is 14.3 Å². The van der Waals surface area contributed by atoms with E-state index in [0.29, 0.717) is 11.1 Å². The average Bonchev–Trinajstić information content (AvgIpc) is 3.11. The summed E-state index contributed by atoms with van der Waals surface area (Å²) < 4.78 is 1.74. The molecule has 0 bridgehead atoms. The summed E-state index contributed by atoms with van der Waals surface area (Å²) >= 11 is 2.86. The van der Waals surface area contributed by atoms with Crippen molar-refractivity contribution < 1.29 is 4.79 Å². The molecule has 0 saturated heterocycles. The van der Waals surface area contributed by atoms with E-state index in [-0.39, 0.29) is 17.2 Å². The first-order valence-electron chi connectivity index (χ1n) is 9.31. The Bertz CT molecular complexity index is 1130. The van der Waals surface area contributed by atoms with E-state index in [4.69, 9.17) is 0 Å². The molecule has 4 rings (SSSR count). The minimum absolute atomic E-state index is 0.0982. The highest BCUT2D eigenvalue weighted by atomic mass is 32.2. The molecule has 1 aliphatic carbocycles. The molecule has 1 atom stereocenters. The maximum atomic E-state index is 12.6. The van der Waals surface area contributed by atoms with Gasteiger partial charge in [-0.1, -0.05) is 18.7 Å². The number of hydrogen-bond donors (Lipinski definition) is 2. The Kier molecular flexibility index (Phi) is 5.05. The van der Waals surface area contributed by atoms with Crippen molar-refractivity contribution in [2.24, 2.45) is 13.0 Å². The van der Waals surface area contributed by atoms with Crippen LogP contribution in [0.4, 0.5) is 5.69 Å². The minimum atomic E-state index is -0.147. The lowest BCUT2D eigenvalue weighted by molar-refractivity contribution is -0.113. The average molecular weight is 418 g/mol. The molecule has 0 spiro atoms. The van der Waals surface area contributed by atoms with Crippen molar-refractivity contribution in [3.8, 4) is 0 Å². The van der Waals surface area contributed by atoms with Crippen LogP contribution in [0.25, 0.3) is 10.2 Å². The number of aromatic nitrogens is 4. The Morgan fingerprint density at radius 2 is 2.21 bits per heavy atom. The van der Waals surface area contributed by atoms with Crippen LogP contribution in [-0.4, -0.2) is 31.4 Å². The van der Waals surface area contributed by atoms with Gasteiger partial charge in [-0.25, -0.2) is 4.98 Å². The molecule has 28 heavy (non-hydrogen) atoms. The number of amides is 1. The van der Waals surface area contributed by atoms with Gasteiger partial charge in [-0.2, -0.15) is 5.10 Å². The number of carbonyl (C=O) groups excluding carboxylic acids is 1. The fourth-order valence-electron chi connectivity index (χ4n) is 3.66. The van der Waals surface area contributed by atoms with E-state index in [2.05, 4.69) is 27.3 Å². The van der Waals surface area contributed by atoms with Gasteiger partial charge in [0.05, 0.1) is 28.2 Å². The highest BCUT2D eigenvalue weighted by molar-refractivity contribution is 7.99. The maximum Gasteiger partial charge on any atom is 0.260 e. The molecule has 3 heterocycles. The number of fused-ring (bicyclic) bond motifs is 3. The van der Waals surface area contributed by atoms with Crippen LogP contribution in [0, 0.1) is 19.8 Å². The van der Waals surface area contributed by atoms with Crippen LogP contribution in [0.3, 0.4) is 0 Å². The smallest absolute Gasteiger partial charge is 0.260 e. The minimum Gasteiger partial charge on any atom is -0.322 e. The number of carbonyl (C=O) groups is 1. The molecule has 148 valence electrons. The highest BCUT2D eigenvalue weighted by Gasteiger charge is 2.23. The molecule has 3 aromatic heterocycles. The fraction of sp³-hybridized carbons (Fsp3) is 0.474. The first-order chi connectivity index (χ1) is 13.3. The van der Waals surface area contributed by atoms with E-state index >= 15 is 0 Å². The van der Waals surface area contributed by atoms with Gasteiger partial charge < -0.3 is 10.3 Å². The largest absolute Gasteiger partial charge is 0.322 e. The van der Waals surface area contributed by atoms with Crippen molar-refractivity contribution in [1.29, 1.82) is 0 Å². The van der Waals surface area contributed by atoms with E-state index < -0.39 is 0 Å². The quantitative estimate of drug-likeness (QED) is 0.502. The van der Waals surface area contributed by atoms with Crippen LogP contribution in [-0.2, 0) is 24.7 Å². The van der Waals surface area contributed by atoms with Crippen LogP contribution in [0.5, 0.6) is 0 Å². The summed E-state index contributed by atoms with van der Waals surface area (Å²) in [5, 5.41) is 8.43. The number of thioether (sulfide) groups is 1. The predicted molar refractivity (Wildman–Crippen MR) is 113 cm³/mol. The van der Waals surface area contributed by atoms with E-state index in [0.717, 1.165) is 46.6 Å². The third-order valence-corrected chi connectivity index (χ3v) is 7.28. The van der Waals surface area contributed by atoms with Crippen LogP contribution in [0.1, 0.15) is 35.2 Å². The molecule has 3 aromatic rings. The maximum absolute atomic E-state index is 12.6. The standard InChI is InChI=1S/C19H23N5O2S2/c1-9-5-6-12-13(7-9)28-18-15(12)17(26)21-19(22-18)27-8-14(25)20-16-10(2)23-24(4)11(16)3/h9H,5-8H2,1-4H3,(H,20,25)(H,21,22,26)/t9-/m0/s1. The van der Waals surface area contributed by atoms with Crippen LogP contribution in [0.2, 0.25) is 0 Å². The zero-order valence-electron chi connectivity index (χ0n) is 16.4. The van der Waals surface area contributed by atoms with E-state index in [1.165, 1.54) is 22.2 Å². The zero-order chi connectivity index (χ0) is 20.0. The van der Waals surface area contributed by atoms with Gasteiger partial charge in [-0.05, 0) is 44.6 Å². The molecule has 0 saturated carbocycles. The lowest BCUT2D eigenvalue weighted by Gasteiger charge is -2.17. The number of nitrogens with zero attached hydrogens (tertiary/aromatic N) is 3. The van der Waals surface area contributed by atoms with Gasteiger partial charge in [0.1, 0.15) is 4.83 Å². The van der Waals surface area contributed by atoms with E-state index in [9.17, 15) is 9.59 Å². The van der Waals surface area contributed by atoms with Gasteiger partial charge in [0.2, 0.25) is 5.91 Å². The number of thiophene rings is 1. The Hall–Kier alpha value is -2.13.